The topological polar surface area (TPSA) is 0 Å². The smallest absolute Gasteiger partial charge is 0.131 e. The minimum Gasteiger partial charge on any atom is -0.206 e. The van der Waals surface area contributed by atoms with Crippen LogP contribution in [0.15, 0.2) is 66.7 Å². The number of hydrogen-bond acceptors (Lipinski definition) is 0. The zero-order valence-corrected chi connectivity index (χ0v) is 21.9. The van der Waals surface area contributed by atoms with Crippen molar-refractivity contribution in [2.24, 2.45) is 5.92 Å². The maximum absolute atomic E-state index is 15.1. The Morgan fingerprint density at radius 1 is 0.879 bits per heavy atom. The first-order valence-corrected chi connectivity index (χ1v) is 15.4. The molecule has 1 heterocycles. The Bertz CT molecular complexity index is 1020. The lowest BCUT2D eigenvalue weighted by Crippen LogP contribution is -2.20. The van der Waals surface area contributed by atoms with E-state index in [-0.39, 0.29) is 5.82 Å². The van der Waals surface area contributed by atoms with Crippen LogP contribution in [-0.4, -0.2) is 8.80 Å². The van der Waals surface area contributed by atoms with Crippen LogP contribution in [0.5, 0.6) is 0 Å². The molecule has 3 aromatic carbocycles. The van der Waals surface area contributed by atoms with Gasteiger partial charge >= 0.3 is 0 Å². The molecule has 1 aliphatic heterocycles. The lowest BCUT2D eigenvalue weighted by Gasteiger charge is -2.28. The molecule has 0 radical (unpaired) electrons. The molecule has 1 aliphatic rings. The van der Waals surface area contributed by atoms with E-state index in [1.165, 1.54) is 54.1 Å². The molecule has 174 valence electrons. The molecular formula is C30H36ClFSi. The highest BCUT2D eigenvalue weighted by Gasteiger charge is 2.24. The highest BCUT2D eigenvalue weighted by Crippen LogP contribution is 2.37. The molecule has 33 heavy (non-hydrogen) atoms. The van der Waals surface area contributed by atoms with E-state index in [0.717, 1.165) is 29.3 Å². The van der Waals surface area contributed by atoms with E-state index >= 15 is 4.39 Å². The minimum atomic E-state index is -0.549. The van der Waals surface area contributed by atoms with Crippen LogP contribution < -0.4 is 0 Å². The van der Waals surface area contributed by atoms with Crippen molar-refractivity contribution >= 4 is 20.4 Å². The molecular weight excluding hydrogens is 443 g/mol. The van der Waals surface area contributed by atoms with Gasteiger partial charge in [0, 0.05) is 19.4 Å². The third kappa shape index (κ3) is 6.80. The van der Waals surface area contributed by atoms with Crippen molar-refractivity contribution in [1.29, 1.82) is 0 Å². The fourth-order valence-corrected chi connectivity index (χ4v) is 9.04. The Morgan fingerprint density at radius 3 is 2.06 bits per heavy atom. The van der Waals surface area contributed by atoms with Gasteiger partial charge < -0.3 is 0 Å². The monoisotopic (exact) mass is 478 g/mol. The number of halogens is 2. The average molecular weight is 479 g/mol. The third-order valence-electron chi connectivity index (χ3n) is 7.34. The summed E-state index contributed by atoms with van der Waals surface area (Å²) in [6.07, 6.45) is 5.85. The fourth-order valence-electron chi connectivity index (χ4n) is 5.16. The number of aryl methyl sites for hydroxylation is 2. The Balaban J connectivity index is 1.34. The Morgan fingerprint density at radius 2 is 1.48 bits per heavy atom. The van der Waals surface area contributed by atoms with Gasteiger partial charge in [0.25, 0.3) is 0 Å². The minimum absolute atomic E-state index is 0.0828. The summed E-state index contributed by atoms with van der Waals surface area (Å²) in [5.74, 6) is 1.29. The molecule has 0 aromatic heterocycles. The maximum atomic E-state index is 15.1. The molecule has 0 atom stereocenters. The Labute approximate surface area is 205 Å². The molecule has 0 nitrogen and oxygen atoms in total. The first kappa shape index (κ1) is 24.2. The molecule has 0 N–H and O–H groups in total. The lowest BCUT2D eigenvalue weighted by atomic mass is 9.91. The van der Waals surface area contributed by atoms with Crippen LogP contribution in [0.2, 0.25) is 23.2 Å². The summed E-state index contributed by atoms with van der Waals surface area (Å²) in [7, 11) is -0.549. The van der Waals surface area contributed by atoms with Crippen molar-refractivity contribution in [2.75, 3.05) is 0 Å². The van der Waals surface area contributed by atoms with E-state index in [4.69, 9.17) is 11.6 Å². The van der Waals surface area contributed by atoms with Crippen LogP contribution >= 0.6 is 11.6 Å². The third-order valence-corrected chi connectivity index (χ3v) is 11.0. The summed E-state index contributed by atoms with van der Waals surface area (Å²) in [6, 6.07) is 26.7. The van der Waals surface area contributed by atoms with Gasteiger partial charge in [0.2, 0.25) is 0 Å². The Hall–Kier alpha value is -1.90. The van der Waals surface area contributed by atoms with Crippen LogP contribution in [0.4, 0.5) is 4.39 Å². The first-order chi connectivity index (χ1) is 16.0. The Kier molecular flexibility index (Phi) is 8.43. The summed E-state index contributed by atoms with van der Waals surface area (Å²) in [6.45, 7) is 4.67. The molecule has 0 saturated carbocycles. The zero-order valence-electron chi connectivity index (χ0n) is 20.0. The molecule has 4 rings (SSSR count). The van der Waals surface area contributed by atoms with Gasteiger partial charge in [-0.05, 0) is 78.0 Å². The molecule has 0 aliphatic carbocycles. The highest BCUT2D eigenvalue weighted by molar-refractivity contribution is 6.59. The van der Waals surface area contributed by atoms with Crippen LogP contribution in [-0.2, 0) is 12.8 Å². The van der Waals surface area contributed by atoms with Crippen molar-refractivity contribution in [1.82, 2.24) is 0 Å². The van der Waals surface area contributed by atoms with E-state index in [1.54, 1.807) is 0 Å². The molecule has 3 heteroatoms. The normalized spacial score (nSPS) is 18.6. The standard InChI is InChI=1S/C30H36ClFSi/c1-22(2)15-18-33-19-16-25(17-20-33)27-11-14-29(30(32)21-27)26-9-5-23(6-10-26)3-4-24-7-12-28(31)13-8-24/h5-14,21-22,25,33H,3-4,15-20H2,1-2H3/t25-,33-. The van der Waals surface area contributed by atoms with Crippen molar-refractivity contribution in [2.45, 2.75) is 70.0 Å². The lowest BCUT2D eigenvalue weighted by molar-refractivity contribution is 0.579. The summed E-state index contributed by atoms with van der Waals surface area (Å²) in [5, 5.41) is 0.771. The van der Waals surface area contributed by atoms with E-state index < -0.39 is 8.80 Å². The molecule has 1 saturated heterocycles. The summed E-state index contributed by atoms with van der Waals surface area (Å²) < 4.78 is 15.1. The molecule has 0 amide bonds. The number of rotatable bonds is 8. The van der Waals surface area contributed by atoms with Gasteiger partial charge in [-0.3, -0.25) is 0 Å². The van der Waals surface area contributed by atoms with Gasteiger partial charge in [0.15, 0.2) is 0 Å². The predicted molar refractivity (Wildman–Crippen MR) is 144 cm³/mol. The highest BCUT2D eigenvalue weighted by atomic mass is 35.5. The average Bonchev–Trinajstić information content (AvgIpc) is 2.83. The second-order valence-electron chi connectivity index (χ2n) is 10.3. The molecule has 0 bridgehead atoms. The van der Waals surface area contributed by atoms with Crippen LogP contribution in [0.1, 0.15) is 55.7 Å². The van der Waals surface area contributed by atoms with E-state index in [2.05, 4.69) is 56.3 Å². The van der Waals surface area contributed by atoms with Gasteiger partial charge in [-0.15, -0.1) is 0 Å². The maximum Gasteiger partial charge on any atom is 0.131 e. The zero-order chi connectivity index (χ0) is 23.2. The molecule has 1 fully saturated rings. The number of hydrogen-bond donors (Lipinski definition) is 0. The molecule has 0 spiro atoms. The summed E-state index contributed by atoms with van der Waals surface area (Å²) >= 11 is 5.97. The van der Waals surface area contributed by atoms with Crippen molar-refractivity contribution < 1.29 is 4.39 Å². The predicted octanol–water partition coefficient (Wildman–Crippen LogP) is 9.08. The van der Waals surface area contributed by atoms with Crippen LogP contribution in [0.3, 0.4) is 0 Å². The van der Waals surface area contributed by atoms with E-state index in [1.807, 2.05) is 24.3 Å². The van der Waals surface area contributed by atoms with E-state index in [0.29, 0.717) is 11.5 Å². The van der Waals surface area contributed by atoms with Gasteiger partial charge in [0.05, 0.1) is 0 Å². The van der Waals surface area contributed by atoms with Gasteiger partial charge in [-0.1, -0.05) is 98.5 Å². The largest absolute Gasteiger partial charge is 0.206 e. The van der Waals surface area contributed by atoms with Crippen molar-refractivity contribution in [3.8, 4) is 11.1 Å². The second-order valence-corrected chi connectivity index (χ2v) is 14.2. The van der Waals surface area contributed by atoms with Crippen LogP contribution in [0.25, 0.3) is 11.1 Å². The SMILES string of the molecule is CC(C)CC[Si@H]1CC[C@H](c2ccc(-c3ccc(CCc4ccc(Cl)cc4)cc3)c(F)c2)CC1. The summed E-state index contributed by atoms with van der Waals surface area (Å²) in [4.78, 5) is 0. The quantitative estimate of drug-likeness (QED) is 0.283. The van der Waals surface area contributed by atoms with Gasteiger partial charge in [-0.2, -0.15) is 0 Å². The van der Waals surface area contributed by atoms with Gasteiger partial charge in [-0.25, -0.2) is 4.39 Å². The second kappa shape index (κ2) is 11.5. The van der Waals surface area contributed by atoms with E-state index in [9.17, 15) is 0 Å². The van der Waals surface area contributed by atoms with Gasteiger partial charge in [0.1, 0.15) is 5.82 Å². The summed E-state index contributed by atoms with van der Waals surface area (Å²) in [5.41, 5.74) is 5.42. The van der Waals surface area contributed by atoms with Crippen LogP contribution in [0, 0.1) is 11.7 Å². The van der Waals surface area contributed by atoms with Crippen molar-refractivity contribution in [3.05, 3.63) is 94.3 Å². The van der Waals surface area contributed by atoms with Crippen molar-refractivity contribution in [3.63, 3.8) is 0 Å². The first-order valence-electron chi connectivity index (χ1n) is 12.6. The number of benzene rings is 3. The fraction of sp³-hybridized carbons (Fsp3) is 0.400. The molecule has 0 unspecified atom stereocenters. The molecule has 3 aromatic rings.